The van der Waals surface area contributed by atoms with Crippen molar-refractivity contribution >= 4 is 23.3 Å². The molecule has 0 aromatic heterocycles. The second kappa shape index (κ2) is 3.74. The maximum absolute atomic E-state index is 10.8. The number of carboxylic acids is 1. The van der Waals surface area contributed by atoms with Gasteiger partial charge in [-0.1, -0.05) is 11.6 Å². The molecule has 3 nitrogen and oxygen atoms in total. The zero-order valence-corrected chi connectivity index (χ0v) is 9.14. The molecule has 1 aliphatic rings. The lowest BCUT2D eigenvalue weighted by molar-refractivity contribution is 0.0696. The van der Waals surface area contributed by atoms with Gasteiger partial charge >= 0.3 is 5.97 Å². The van der Waals surface area contributed by atoms with Gasteiger partial charge in [-0.3, -0.25) is 0 Å². The number of carbonyl (C=O) groups is 1. The smallest absolute Gasteiger partial charge is 0.336 e. The summed E-state index contributed by atoms with van der Waals surface area (Å²) in [6, 6.07) is 3.81. The molecule has 0 unspecified atom stereocenters. The third kappa shape index (κ3) is 2.23. The molecule has 1 aromatic carbocycles. The van der Waals surface area contributed by atoms with E-state index in [1.54, 1.807) is 13.0 Å². The highest BCUT2D eigenvalue weighted by atomic mass is 35.5. The van der Waals surface area contributed by atoms with Crippen LogP contribution >= 0.6 is 11.6 Å². The number of benzene rings is 1. The molecule has 1 fully saturated rings. The van der Waals surface area contributed by atoms with Gasteiger partial charge in [-0.05, 0) is 37.5 Å². The molecule has 0 atom stereocenters. The largest absolute Gasteiger partial charge is 0.478 e. The fourth-order valence-electron chi connectivity index (χ4n) is 1.47. The molecule has 0 saturated heterocycles. The monoisotopic (exact) mass is 225 g/mol. The van der Waals surface area contributed by atoms with E-state index in [1.807, 2.05) is 0 Å². The first kappa shape index (κ1) is 10.3. The van der Waals surface area contributed by atoms with Crippen LogP contribution in [0.2, 0.25) is 5.02 Å². The third-order valence-electron chi connectivity index (χ3n) is 2.48. The van der Waals surface area contributed by atoms with E-state index in [0.717, 1.165) is 24.1 Å². The first-order valence-corrected chi connectivity index (χ1v) is 5.25. The summed E-state index contributed by atoms with van der Waals surface area (Å²) in [6.45, 7) is 1.78. The van der Waals surface area contributed by atoms with Crippen molar-refractivity contribution in [1.82, 2.24) is 0 Å². The zero-order chi connectivity index (χ0) is 11.0. The van der Waals surface area contributed by atoms with Gasteiger partial charge in [0.15, 0.2) is 0 Å². The standard InChI is InChI=1S/C11H12ClNO2/c1-6-4-10(13-7-2-3-7)9(12)5-8(6)11(14)15/h4-5,7,13H,2-3H2,1H3,(H,14,15). The zero-order valence-electron chi connectivity index (χ0n) is 8.38. The fourth-order valence-corrected chi connectivity index (χ4v) is 1.69. The van der Waals surface area contributed by atoms with Crippen LogP contribution in [0, 0.1) is 6.92 Å². The number of nitrogens with one attached hydrogen (secondary N) is 1. The minimum atomic E-state index is -0.938. The molecule has 0 radical (unpaired) electrons. The number of rotatable bonds is 3. The Morgan fingerprint density at radius 3 is 2.73 bits per heavy atom. The van der Waals surface area contributed by atoms with Crippen LogP contribution in [-0.4, -0.2) is 17.1 Å². The second-order valence-corrected chi connectivity index (χ2v) is 4.28. The summed E-state index contributed by atoms with van der Waals surface area (Å²) < 4.78 is 0. The lowest BCUT2D eigenvalue weighted by atomic mass is 10.1. The predicted molar refractivity (Wildman–Crippen MR) is 59.8 cm³/mol. The summed E-state index contributed by atoms with van der Waals surface area (Å²) in [5.41, 5.74) is 1.83. The van der Waals surface area contributed by atoms with E-state index in [1.165, 1.54) is 6.07 Å². The molecule has 0 aliphatic heterocycles. The van der Waals surface area contributed by atoms with Crippen molar-refractivity contribution in [2.24, 2.45) is 0 Å². The molecule has 4 heteroatoms. The Kier molecular flexibility index (Phi) is 2.57. The van der Waals surface area contributed by atoms with Crippen molar-refractivity contribution in [1.29, 1.82) is 0 Å². The van der Waals surface area contributed by atoms with Crippen molar-refractivity contribution in [3.05, 3.63) is 28.3 Å². The normalized spacial score (nSPS) is 15.1. The summed E-state index contributed by atoms with van der Waals surface area (Å²) in [6.07, 6.45) is 2.33. The average Bonchev–Trinajstić information content (AvgIpc) is 2.94. The van der Waals surface area contributed by atoms with Crippen LogP contribution in [0.15, 0.2) is 12.1 Å². The van der Waals surface area contributed by atoms with Gasteiger partial charge in [0.05, 0.1) is 16.3 Å². The Balaban J connectivity index is 2.32. The number of carboxylic acid groups (broad SMARTS) is 1. The minimum Gasteiger partial charge on any atom is -0.478 e. The molecule has 80 valence electrons. The van der Waals surface area contributed by atoms with Gasteiger partial charge in [0.2, 0.25) is 0 Å². The first-order valence-electron chi connectivity index (χ1n) is 4.88. The molecule has 15 heavy (non-hydrogen) atoms. The first-order chi connectivity index (χ1) is 7.08. The van der Waals surface area contributed by atoms with Crippen molar-refractivity contribution in [2.45, 2.75) is 25.8 Å². The number of anilines is 1. The summed E-state index contributed by atoms with van der Waals surface area (Å²) >= 11 is 5.99. The van der Waals surface area contributed by atoms with Crippen LogP contribution in [0.3, 0.4) is 0 Å². The Hall–Kier alpha value is -1.22. The summed E-state index contributed by atoms with van der Waals surface area (Å²) in [7, 11) is 0. The van der Waals surface area contributed by atoms with Crippen molar-refractivity contribution in [2.75, 3.05) is 5.32 Å². The van der Waals surface area contributed by atoms with Crippen LogP contribution in [0.5, 0.6) is 0 Å². The molecular formula is C11H12ClNO2. The number of aromatic carboxylic acids is 1. The van der Waals surface area contributed by atoms with Crippen molar-refractivity contribution in [3.63, 3.8) is 0 Å². The lowest BCUT2D eigenvalue weighted by Crippen LogP contribution is -2.05. The highest BCUT2D eigenvalue weighted by molar-refractivity contribution is 6.33. The van der Waals surface area contributed by atoms with E-state index < -0.39 is 5.97 Å². The van der Waals surface area contributed by atoms with Crippen molar-refractivity contribution in [3.8, 4) is 0 Å². The fraction of sp³-hybridized carbons (Fsp3) is 0.364. The summed E-state index contributed by atoms with van der Waals surface area (Å²) in [4.78, 5) is 10.8. The van der Waals surface area contributed by atoms with E-state index in [2.05, 4.69) is 5.32 Å². The van der Waals surface area contributed by atoms with Gasteiger partial charge in [0.25, 0.3) is 0 Å². The van der Waals surface area contributed by atoms with Gasteiger partial charge in [-0.2, -0.15) is 0 Å². The molecule has 1 aromatic rings. The molecule has 2 N–H and O–H groups in total. The number of aryl methyl sites for hydroxylation is 1. The Bertz CT molecular complexity index is 413. The Labute approximate surface area is 93.1 Å². The number of hydrogen-bond acceptors (Lipinski definition) is 2. The molecule has 0 amide bonds. The van der Waals surface area contributed by atoms with Crippen LogP contribution < -0.4 is 5.32 Å². The van der Waals surface area contributed by atoms with Gasteiger partial charge in [-0.25, -0.2) is 4.79 Å². The van der Waals surface area contributed by atoms with Gasteiger partial charge in [0, 0.05) is 6.04 Å². The quantitative estimate of drug-likeness (QED) is 0.832. The molecule has 1 aliphatic carbocycles. The minimum absolute atomic E-state index is 0.265. The molecule has 2 rings (SSSR count). The Morgan fingerprint density at radius 1 is 1.53 bits per heavy atom. The van der Waals surface area contributed by atoms with Gasteiger partial charge in [0.1, 0.15) is 0 Å². The van der Waals surface area contributed by atoms with Crippen LogP contribution in [0.1, 0.15) is 28.8 Å². The molecule has 1 saturated carbocycles. The maximum Gasteiger partial charge on any atom is 0.336 e. The third-order valence-corrected chi connectivity index (χ3v) is 2.79. The van der Waals surface area contributed by atoms with E-state index in [4.69, 9.17) is 16.7 Å². The average molecular weight is 226 g/mol. The maximum atomic E-state index is 10.8. The second-order valence-electron chi connectivity index (χ2n) is 3.87. The summed E-state index contributed by atoms with van der Waals surface area (Å²) in [5.74, 6) is -0.938. The van der Waals surface area contributed by atoms with E-state index >= 15 is 0 Å². The summed E-state index contributed by atoms with van der Waals surface area (Å²) in [5, 5.41) is 12.6. The van der Waals surface area contributed by atoms with Crippen LogP contribution in [0.25, 0.3) is 0 Å². The van der Waals surface area contributed by atoms with Crippen LogP contribution in [-0.2, 0) is 0 Å². The highest BCUT2D eigenvalue weighted by Gasteiger charge is 2.22. The lowest BCUT2D eigenvalue weighted by Gasteiger charge is -2.10. The molecule has 0 spiro atoms. The molecule has 0 bridgehead atoms. The molecule has 0 heterocycles. The molecular weight excluding hydrogens is 214 g/mol. The van der Waals surface area contributed by atoms with Crippen molar-refractivity contribution < 1.29 is 9.90 Å². The van der Waals surface area contributed by atoms with Crippen LogP contribution in [0.4, 0.5) is 5.69 Å². The predicted octanol–water partition coefficient (Wildman–Crippen LogP) is 2.92. The number of hydrogen-bond donors (Lipinski definition) is 2. The number of halogens is 1. The van der Waals surface area contributed by atoms with Gasteiger partial charge < -0.3 is 10.4 Å². The SMILES string of the molecule is Cc1cc(NC2CC2)c(Cl)cc1C(=O)O. The Morgan fingerprint density at radius 2 is 2.20 bits per heavy atom. The van der Waals surface area contributed by atoms with Gasteiger partial charge in [-0.15, -0.1) is 0 Å². The topological polar surface area (TPSA) is 49.3 Å². The van der Waals surface area contributed by atoms with E-state index in [-0.39, 0.29) is 5.56 Å². The van der Waals surface area contributed by atoms with E-state index in [9.17, 15) is 4.79 Å². The highest BCUT2D eigenvalue weighted by Crippen LogP contribution is 2.31. The van der Waals surface area contributed by atoms with E-state index in [0.29, 0.717) is 11.1 Å².